The van der Waals surface area contributed by atoms with Crippen LogP contribution in [0.4, 0.5) is 5.69 Å². The molecule has 9 heteroatoms. The number of rotatable bonds is 4. The highest BCUT2D eigenvalue weighted by molar-refractivity contribution is 6.16. The number of aryl methyl sites for hydroxylation is 1. The van der Waals surface area contributed by atoms with Gasteiger partial charge in [-0.15, -0.1) is 0 Å². The molecule has 1 N–H and O–H groups in total. The molecule has 0 saturated heterocycles. The highest BCUT2D eigenvalue weighted by atomic mass is 16.9. The van der Waals surface area contributed by atoms with Crippen LogP contribution in [0.15, 0.2) is 29.3 Å². The Labute approximate surface area is 155 Å². The van der Waals surface area contributed by atoms with Crippen LogP contribution in [0, 0.1) is 6.92 Å². The van der Waals surface area contributed by atoms with Crippen molar-refractivity contribution >= 4 is 23.5 Å². The number of ether oxygens (including phenoxy) is 5. The summed E-state index contributed by atoms with van der Waals surface area (Å²) in [5.41, 5.74) is -1.17. The molecule has 3 rings (SSSR count). The molecule has 0 bridgehead atoms. The lowest BCUT2D eigenvalue weighted by Crippen LogP contribution is -2.45. The molecule has 1 atom stereocenters. The van der Waals surface area contributed by atoms with E-state index in [9.17, 15) is 14.4 Å². The first-order valence-corrected chi connectivity index (χ1v) is 7.96. The Balaban J connectivity index is 2.43. The predicted octanol–water partition coefficient (Wildman–Crippen LogP) is 0.762. The van der Waals surface area contributed by atoms with Gasteiger partial charge in [0.05, 0.1) is 14.2 Å². The van der Waals surface area contributed by atoms with E-state index in [1.54, 1.807) is 18.2 Å². The van der Waals surface area contributed by atoms with Gasteiger partial charge in [0.25, 0.3) is 5.91 Å². The van der Waals surface area contributed by atoms with Crippen LogP contribution in [0.3, 0.4) is 0 Å². The first-order chi connectivity index (χ1) is 12.8. The minimum atomic E-state index is -2.14. The molecule has 1 aromatic carbocycles. The number of methoxy groups -OCH3 is 4. The summed E-state index contributed by atoms with van der Waals surface area (Å²) in [7, 11) is 4.68. The quantitative estimate of drug-likeness (QED) is 0.605. The van der Waals surface area contributed by atoms with Gasteiger partial charge < -0.3 is 24.3 Å². The van der Waals surface area contributed by atoms with Crippen LogP contribution in [0.2, 0.25) is 0 Å². The summed E-state index contributed by atoms with van der Waals surface area (Å²) < 4.78 is 26.2. The fourth-order valence-corrected chi connectivity index (χ4v) is 3.42. The Bertz CT molecular complexity index is 870. The summed E-state index contributed by atoms with van der Waals surface area (Å²) in [4.78, 5) is 38.3. The zero-order valence-electron chi connectivity index (χ0n) is 15.5. The summed E-state index contributed by atoms with van der Waals surface area (Å²) in [6.07, 6.45) is 0. The lowest BCUT2D eigenvalue weighted by molar-refractivity contribution is -0.349. The standard InChI is InChI=1S/C18H19NO8/c1-9-6-7-11-10(8-9)17(16(22)19-11)12(14(20)23-2)13(15(21)24-3)18(25-4,26-5)27-17/h6-8H,1-5H3,(H,19,22). The predicted molar refractivity (Wildman–Crippen MR) is 90.4 cm³/mol. The van der Waals surface area contributed by atoms with Gasteiger partial charge >= 0.3 is 17.9 Å². The largest absolute Gasteiger partial charge is 0.466 e. The first-order valence-electron chi connectivity index (χ1n) is 7.96. The van der Waals surface area contributed by atoms with E-state index >= 15 is 0 Å². The molecule has 9 nitrogen and oxygen atoms in total. The summed E-state index contributed by atoms with van der Waals surface area (Å²) in [6, 6.07) is 5.13. The Kier molecular flexibility index (Phi) is 4.54. The molecular weight excluding hydrogens is 358 g/mol. The number of hydrogen-bond acceptors (Lipinski definition) is 8. The van der Waals surface area contributed by atoms with E-state index in [2.05, 4.69) is 5.32 Å². The molecule has 1 aromatic rings. The van der Waals surface area contributed by atoms with E-state index in [0.29, 0.717) is 11.3 Å². The fourth-order valence-electron chi connectivity index (χ4n) is 3.42. The molecule has 0 aromatic heterocycles. The third kappa shape index (κ3) is 2.39. The Morgan fingerprint density at radius 2 is 1.59 bits per heavy atom. The number of nitrogens with one attached hydrogen (secondary N) is 1. The lowest BCUT2D eigenvalue weighted by atomic mass is 9.85. The Morgan fingerprint density at radius 3 is 2.15 bits per heavy atom. The van der Waals surface area contributed by atoms with Crippen molar-refractivity contribution in [3.8, 4) is 0 Å². The molecular formula is C18H19NO8. The van der Waals surface area contributed by atoms with Gasteiger partial charge in [-0.05, 0) is 13.0 Å². The summed E-state index contributed by atoms with van der Waals surface area (Å²) >= 11 is 0. The summed E-state index contributed by atoms with van der Waals surface area (Å²) in [6.45, 7) is 1.81. The highest BCUT2D eigenvalue weighted by Crippen LogP contribution is 2.55. The Morgan fingerprint density at radius 1 is 1.00 bits per heavy atom. The Hall–Kier alpha value is -2.75. The molecule has 2 aliphatic heterocycles. The summed E-state index contributed by atoms with van der Waals surface area (Å²) in [5.74, 6) is -4.72. The van der Waals surface area contributed by atoms with Crippen LogP contribution < -0.4 is 5.32 Å². The minimum Gasteiger partial charge on any atom is -0.466 e. The second kappa shape index (κ2) is 6.45. The molecule has 1 spiro atoms. The van der Waals surface area contributed by atoms with Crippen molar-refractivity contribution in [3.05, 3.63) is 40.5 Å². The average Bonchev–Trinajstić information content (AvgIpc) is 3.14. The van der Waals surface area contributed by atoms with E-state index in [-0.39, 0.29) is 5.57 Å². The van der Waals surface area contributed by atoms with E-state index in [1.807, 2.05) is 6.92 Å². The van der Waals surface area contributed by atoms with Crippen LogP contribution in [0.1, 0.15) is 11.1 Å². The number of fused-ring (bicyclic) bond motifs is 2. The normalized spacial score (nSPS) is 22.6. The maximum atomic E-state index is 13.0. The smallest absolute Gasteiger partial charge is 0.342 e. The van der Waals surface area contributed by atoms with Crippen LogP contribution in [-0.2, 0) is 43.7 Å². The monoisotopic (exact) mass is 377 g/mol. The van der Waals surface area contributed by atoms with Gasteiger partial charge in [-0.25, -0.2) is 9.59 Å². The molecule has 2 aliphatic rings. The van der Waals surface area contributed by atoms with Crippen molar-refractivity contribution in [2.24, 2.45) is 0 Å². The molecule has 144 valence electrons. The van der Waals surface area contributed by atoms with Crippen molar-refractivity contribution in [1.82, 2.24) is 0 Å². The van der Waals surface area contributed by atoms with Crippen molar-refractivity contribution in [1.29, 1.82) is 0 Å². The second-order valence-corrected chi connectivity index (χ2v) is 5.98. The molecule has 0 radical (unpaired) electrons. The van der Waals surface area contributed by atoms with Gasteiger partial charge in [0, 0.05) is 25.5 Å². The zero-order chi connectivity index (χ0) is 20.0. The van der Waals surface area contributed by atoms with Crippen LogP contribution in [-0.4, -0.2) is 52.3 Å². The van der Waals surface area contributed by atoms with Crippen molar-refractivity contribution in [2.45, 2.75) is 18.5 Å². The molecule has 0 fully saturated rings. The van der Waals surface area contributed by atoms with Crippen molar-refractivity contribution in [2.75, 3.05) is 33.8 Å². The van der Waals surface area contributed by atoms with Gasteiger partial charge in [-0.2, -0.15) is 0 Å². The number of carbonyl (C=O) groups is 3. The number of carbonyl (C=O) groups excluding carboxylic acids is 3. The van der Waals surface area contributed by atoms with Crippen LogP contribution >= 0.6 is 0 Å². The fraction of sp³-hybridized carbons (Fsp3) is 0.389. The van der Waals surface area contributed by atoms with Crippen molar-refractivity contribution in [3.63, 3.8) is 0 Å². The minimum absolute atomic E-state index is 0.338. The first kappa shape index (κ1) is 19.0. The molecule has 0 saturated carbocycles. The molecule has 27 heavy (non-hydrogen) atoms. The van der Waals surface area contributed by atoms with Crippen LogP contribution in [0.25, 0.3) is 0 Å². The molecule has 1 amide bonds. The maximum absolute atomic E-state index is 13.0. The molecule has 0 aliphatic carbocycles. The lowest BCUT2D eigenvalue weighted by Gasteiger charge is -2.31. The average molecular weight is 377 g/mol. The third-order valence-corrected chi connectivity index (χ3v) is 4.63. The number of hydrogen-bond donors (Lipinski definition) is 1. The second-order valence-electron chi connectivity index (χ2n) is 5.98. The van der Waals surface area contributed by atoms with E-state index < -0.39 is 35.0 Å². The van der Waals surface area contributed by atoms with Gasteiger partial charge in [-0.3, -0.25) is 9.53 Å². The number of amides is 1. The van der Waals surface area contributed by atoms with Crippen LogP contribution in [0.5, 0.6) is 0 Å². The van der Waals surface area contributed by atoms with Gasteiger partial charge in [-0.1, -0.05) is 17.7 Å². The number of anilines is 1. The number of benzene rings is 1. The summed E-state index contributed by atoms with van der Waals surface area (Å²) in [5, 5.41) is 2.66. The topological polar surface area (TPSA) is 109 Å². The highest BCUT2D eigenvalue weighted by Gasteiger charge is 2.68. The SMILES string of the molecule is COC(=O)C1=C(C(=O)OC)C2(OC1(OC)OC)C(=O)Nc1ccc(C)cc12. The van der Waals surface area contributed by atoms with E-state index in [4.69, 9.17) is 23.7 Å². The van der Waals surface area contributed by atoms with Gasteiger partial charge in [0.15, 0.2) is 0 Å². The third-order valence-electron chi connectivity index (χ3n) is 4.63. The van der Waals surface area contributed by atoms with E-state index in [1.165, 1.54) is 14.2 Å². The number of esters is 2. The maximum Gasteiger partial charge on any atom is 0.342 e. The molecule has 2 heterocycles. The molecule has 1 unspecified atom stereocenters. The van der Waals surface area contributed by atoms with Gasteiger partial charge in [0.1, 0.15) is 11.1 Å². The van der Waals surface area contributed by atoms with Crippen molar-refractivity contribution < 1.29 is 38.1 Å². The zero-order valence-corrected chi connectivity index (χ0v) is 15.5. The van der Waals surface area contributed by atoms with E-state index in [0.717, 1.165) is 19.8 Å². The van der Waals surface area contributed by atoms with Gasteiger partial charge in [0.2, 0.25) is 5.60 Å².